The minimum absolute atomic E-state index is 0. The van der Waals surface area contributed by atoms with Crippen LogP contribution < -0.4 is 10.2 Å². The lowest BCUT2D eigenvalue weighted by Crippen LogP contribution is -2.45. The van der Waals surface area contributed by atoms with E-state index in [1.165, 1.54) is 18.4 Å². The van der Waals surface area contributed by atoms with E-state index in [1.54, 1.807) is 0 Å². The van der Waals surface area contributed by atoms with Gasteiger partial charge in [-0.2, -0.15) is 0 Å². The molecule has 1 saturated heterocycles. The van der Waals surface area contributed by atoms with Gasteiger partial charge in [-0.25, -0.2) is 4.98 Å². The van der Waals surface area contributed by atoms with Crippen molar-refractivity contribution in [2.75, 3.05) is 39.1 Å². The molecule has 0 atom stereocenters. The number of aliphatic imine (C=N–C) groups is 1. The van der Waals surface area contributed by atoms with Crippen molar-refractivity contribution in [1.82, 2.24) is 15.2 Å². The van der Waals surface area contributed by atoms with Crippen molar-refractivity contribution in [3.05, 3.63) is 23.9 Å². The summed E-state index contributed by atoms with van der Waals surface area (Å²) in [7, 11) is 5.90. The van der Waals surface area contributed by atoms with Crippen LogP contribution in [0.15, 0.2) is 23.3 Å². The van der Waals surface area contributed by atoms with Gasteiger partial charge in [-0.15, -0.1) is 24.0 Å². The fourth-order valence-corrected chi connectivity index (χ4v) is 2.70. The van der Waals surface area contributed by atoms with E-state index in [9.17, 15) is 0 Å². The zero-order valence-electron chi connectivity index (χ0n) is 14.0. The fourth-order valence-electron chi connectivity index (χ4n) is 2.70. The third-order valence-corrected chi connectivity index (χ3v) is 4.02. The third-order valence-electron chi connectivity index (χ3n) is 4.02. The van der Waals surface area contributed by atoms with E-state index < -0.39 is 0 Å². The van der Waals surface area contributed by atoms with Crippen LogP contribution in [0.25, 0.3) is 0 Å². The summed E-state index contributed by atoms with van der Waals surface area (Å²) in [6.45, 7) is 5.26. The van der Waals surface area contributed by atoms with Gasteiger partial charge in [0.15, 0.2) is 5.96 Å². The maximum absolute atomic E-state index is 4.44. The number of hydrogen-bond donors (Lipinski definition) is 1. The van der Waals surface area contributed by atoms with Gasteiger partial charge >= 0.3 is 0 Å². The zero-order chi connectivity index (χ0) is 15.2. The number of pyridine rings is 1. The molecule has 5 nitrogen and oxygen atoms in total. The van der Waals surface area contributed by atoms with E-state index in [2.05, 4.69) is 33.2 Å². The van der Waals surface area contributed by atoms with Crippen LogP contribution in [0.5, 0.6) is 0 Å². The quantitative estimate of drug-likeness (QED) is 0.467. The molecule has 2 rings (SSSR count). The highest BCUT2D eigenvalue weighted by Crippen LogP contribution is 2.17. The summed E-state index contributed by atoms with van der Waals surface area (Å²) in [4.78, 5) is 13.3. The van der Waals surface area contributed by atoms with Gasteiger partial charge in [0.1, 0.15) is 5.82 Å². The van der Waals surface area contributed by atoms with Crippen LogP contribution in [0.1, 0.15) is 25.3 Å². The Kier molecular flexibility index (Phi) is 7.92. The Morgan fingerprint density at radius 3 is 2.68 bits per heavy atom. The lowest BCUT2D eigenvalue weighted by molar-refractivity contribution is 0.273. The summed E-state index contributed by atoms with van der Waals surface area (Å²) < 4.78 is 0. The molecule has 0 radical (unpaired) electrons. The molecule has 0 bridgehead atoms. The monoisotopic (exact) mass is 417 g/mol. The lowest BCUT2D eigenvalue weighted by Gasteiger charge is -2.33. The number of aromatic nitrogens is 1. The number of halogens is 1. The van der Waals surface area contributed by atoms with E-state index in [4.69, 9.17) is 0 Å². The molecule has 124 valence electrons. The number of likely N-dealkylation sites (tertiary alicyclic amines) is 1. The summed E-state index contributed by atoms with van der Waals surface area (Å²) in [6.07, 6.45) is 4.33. The Hall–Kier alpha value is -1.05. The third kappa shape index (κ3) is 5.00. The SMILES string of the molecule is CN=C(NCc1cccnc1N(C)C)N1CCC(C)CC1.I. The van der Waals surface area contributed by atoms with Crippen LogP contribution in [0, 0.1) is 5.92 Å². The van der Waals surface area contributed by atoms with Crippen LogP contribution in [-0.4, -0.2) is 50.1 Å². The van der Waals surface area contributed by atoms with Gasteiger partial charge in [0.2, 0.25) is 0 Å². The molecular weight excluding hydrogens is 389 g/mol. The number of nitrogens with one attached hydrogen (secondary N) is 1. The zero-order valence-corrected chi connectivity index (χ0v) is 16.4. The van der Waals surface area contributed by atoms with Gasteiger partial charge in [-0.05, 0) is 24.8 Å². The molecular formula is C16H28IN5. The number of rotatable bonds is 3. The first kappa shape index (κ1) is 19.0. The molecule has 1 aromatic heterocycles. The van der Waals surface area contributed by atoms with Crippen LogP contribution in [0.4, 0.5) is 5.82 Å². The predicted octanol–water partition coefficient (Wildman–Crippen LogP) is 2.57. The molecule has 0 aliphatic carbocycles. The van der Waals surface area contributed by atoms with Crippen LogP contribution >= 0.6 is 24.0 Å². The number of anilines is 1. The average molecular weight is 417 g/mol. The van der Waals surface area contributed by atoms with Crippen molar-refractivity contribution in [2.45, 2.75) is 26.3 Å². The van der Waals surface area contributed by atoms with Crippen molar-refractivity contribution in [3.8, 4) is 0 Å². The molecule has 2 heterocycles. The predicted molar refractivity (Wildman–Crippen MR) is 104 cm³/mol. The Morgan fingerprint density at radius 1 is 1.41 bits per heavy atom. The van der Waals surface area contributed by atoms with Crippen LogP contribution in [0.3, 0.4) is 0 Å². The van der Waals surface area contributed by atoms with Crippen molar-refractivity contribution in [3.63, 3.8) is 0 Å². The molecule has 22 heavy (non-hydrogen) atoms. The minimum atomic E-state index is 0. The molecule has 0 spiro atoms. The largest absolute Gasteiger partial charge is 0.362 e. The Bertz CT molecular complexity index is 481. The molecule has 0 amide bonds. The van der Waals surface area contributed by atoms with E-state index in [1.807, 2.05) is 38.3 Å². The first-order valence-corrected chi connectivity index (χ1v) is 7.68. The maximum atomic E-state index is 4.44. The average Bonchev–Trinajstić information content (AvgIpc) is 2.50. The summed E-state index contributed by atoms with van der Waals surface area (Å²) in [5, 5.41) is 3.47. The second kappa shape index (κ2) is 9.17. The smallest absolute Gasteiger partial charge is 0.193 e. The molecule has 1 aromatic rings. The van der Waals surface area contributed by atoms with E-state index in [-0.39, 0.29) is 24.0 Å². The normalized spacial score (nSPS) is 16.2. The second-order valence-corrected chi connectivity index (χ2v) is 5.95. The number of hydrogen-bond acceptors (Lipinski definition) is 3. The van der Waals surface area contributed by atoms with Gasteiger partial charge < -0.3 is 15.1 Å². The van der Waals surface area contributed by atoms with E-state index in [0.29, 0.717) is 0 Å². The first-order valence-electron chi connectivity index (χ1n) is 7.68. The van der Waals surface area contributed by atoms with Gasteiger partial charge in [0, 0.05) is 52.5 Å². The molecule has 0 aromatic carbocycles. The molecule has 1 aliphatic heterocycles. The lowest BCUT2D eigenvalue weighted by atomic mass is 10.00. The molecule has 0 unspecified atom stereocenters. The Morgan fingerprint density at radius 2 is 2.09 bits per heavy atom. The van der Waals surface area contributed by atoms with Crippen molar-refractivity contribution in [1.29, 1.82) is 0 Å². The Balaban J connectivity index is 0.00000242. The number of nitrogens with zero attached hydrogens (tertiary/aromatic N) is 4. The highest BCUT2D eigenvalue weighted by Gasteiger charge is 2.18. The summed E-state index contributed by atoms with van der Waals surface area (Å²) in [5.74, 6) is 2.83. The Labute approximate surface area is 151 Å². The van der Waals surface area contributed by atoms with E-state index >= 15 is 0 Å². The molecule has 1 N–H and O–H groups in total. The number of guanidine groups is 1. The van der Waals surface area contributed by atoms with Gasteiger partial charge in [-0.3, -0.25) is 4.99 Å². The number of piperidine rings is 1. The first-order chi connectivity index (χ1) is 10.1. The topological polar surface area (TPSA) is 43.8 Å². The standard InChI is InChI=1S/C16H27N5.HI/c1-13-7-10-21(11-8-13)16(17-2)19-12-14-6-5-9-18-15(14)20(3)4;/h5-6,9,13H,7-8,10-12H2,1-4H3,(H,17,19);1H. The van der Waals surface area contributed by atoms with Gasteiger partial charge in [-0.1, -0.05) is 13.0 Å². The van der Waals surface area contributed by atoms with Crippen molar-refractivity contribution in [2.24, 2.45) is 10.9 Å². The van der Waals surface area contributed by atoms with Crippen LogP contribution in [-0.2, 0) is 6.54 Å². The molecule has 0 saturated carbocycles. The van der Waals surface area contributed by atoms with Crippen molar-refractivity contribution < 1.29 is 0 Å². The van der Waals surface area contributed by atoms with Gasteiger partial charge in [0.05, 0.1) is 0 Å². The molecule has 1 fully saturated rings. The summed E-state index contributed by atoms with van der Waals surface area (Å²) >= 11 is 0. The van der Waals surface area contributed by atoms with Crippen LogP contribution in [0.2, 0.25) is 0 Å². The van der Waals surface area contributed by atoms with Crippen molar-refractivity contribution >= 4 is 35.8 Å². The molecule has 1 aliphatic rings. The highest BCUT2D eigenvalue weighted by molar-refractivity contribution is 14.0. The maximum Gasteiger partial charge on any atom is 0.193 e. The minimum Gasteiger partial charge on any atom is -0.362 e. The van der Waals surface area contributed by atoms with Gasteiger partial charge in [0.25, 0.3) is 0 Å². The second-order valence-electron chi connectivity index (χ2n) is 5.95. The fraction of sp³-hybridized carbons (Fsp3) is 0.625. The highest BCUT2D eigenvalue weighted by atomic mass is 127. The summed E-state index contributed by atoms with van der Waals surface area (Å²) in [6, 6.07) is 4.09. The van der Waals surface area contributed by atoms with E-state index in [0.717, 1.165) is 37.3 Å². The summed E-state index contributed by atoms with van der Waals surface area (Å²) in [5.41, 5.74) is 1.19. The molecule has 6 heteroatoms.